The molecule has 0 atom stereocenters. The van der Waals surface area contributed by atoms with Crippen molar-refractivity contribution in [2.75, 3.05) is 13.2 Å². The summed E-state index contributed by atoms with van der Waals surface area (Å²) in [4.78, 5) is 11.8. The molecule has 0 aliphatic rings. The molecule has 0 saturated carbocycles. The van der Waals surface area contributed by atoms with Crippen LogP contribution in [0.3, 0.4) is 0 Å². The van der Waals surface area contributed by atoms with Gasteiger partial charge in [-0.25, -0.2) is 4.79 Å². The lowest BCUT2D eigenvalue weighted by atomic mass is 9.99. The van der Waals surface area contributed by atoms with Gasteiger partial charge in [0.05, 0.1) is 18.8 Å². The average molecular weight is 499 g/mol. The van der Waals surface area contributed by atoms with Crippen LogP contribution in [0.25, 0.3) is 11.1 Å². The highest BCUT2D eigenvalue weighted by atomic mass is 28.3. The summed E-state index contributed by atoms with van der Waals surface area (Å²) in [5, 5.41) is 9.68. The first-order valence-electron chi connectivity index (χ1n) is 13.5. The quantitative estimate of drug-likeness (QED) is 0.164. The molecule has 0 aliphatic carbocycles. The first-order valence-corrected chi connectivity index (χ1v) is 17.2. The number of ether oxygens (including phenoxy) is 2. The normalized spacial score (nSPS) is 11.4. The number of hydrogen-bond acceptors (Lipinski definition) is 3. The van der Waals surface area contributed by atoms with Crippen LogP contribution < -0.4 is 9.47 Å². The number of aromatic carboxylic acids is 1. The Balaban J connectivity index is 1.87. The van der Waals surface area contributed by atoms with Crippen LogP contribution in [-0.4, -0.2) is 32.4 Å². The minimum absolute atomic E-state index is 0.282. The highest BCUT2D eigenvalue weighted by Crippen LogP contribution is 2.30. The lowest BCUT2D eigenvalue weighted by Gasteiger charge is -2.15. The summed E-state index contributed by atoms with van der Waals surface area (Å²) >= 11 is 0. The molecule has 194 valence electrons. The van der Waals surface area contributed by atoms with E-state index in [2.05, 4.69) is 26.6 Å². The van der Waals surface area contributed by atoms with Crippen LogP contribution >= 0.6 is 0 Å². The molecule has 0 spiro atoms. The van der Waals surface area contributed by atoms with Crippen molar-refractivity contribution < 1.29 is 19.4 Å². The topological polar surface area (TPSA) is 55.8 Å². The third-order valence-corrected chi connectivity index (χ3v) is 8.10. The highest BCUT2D eigenvalue weighted by Gasteiger charge is 2.14. The van der Waals surface area contributed by atoms with Gasteiger partial charge in [-0.15, -0.1) is 0 Å². The molecular weight excluding hydrogens is 452 g/mol. The third-order valence-electron chi connectivity index (χ3n) is 6.24. The van der Waals surface area contributed by atoms with E-state index < -0.39 is 14.0 Å². The molecule has 0 unspecified atom stereocenters. The largest absolute Gasteiger partial charge is 0.494 e. The predicted octanol–water partition coefficient (Wildman–Crippen LogP) is 9.07. The summed E-state index contributed by atoms with van der Waals surface area (Å²) in [5.74, 6) is 0.605. The van der Waals surface area contributed by atoms with Crippen LogP contribution in [0.1, 0.15) is 81.5 Å². The van der Waals surface area contributed by atoms with Gasteiger partial charge in [0.25, 0.3) is 0 Å². The van der Waals surface area contributed by atoms with E-state index in [1.807, 2.05) is 30.3 Å². The van der Waals surface area contributed by atoms with Gasteiger partial charge in [0, 0.05) is 8.07 Å². The molecule has 2 aromatic carbocycles. The smallest absolute Gasteiger partial charge is 0.336 e. The van der Waals surface area contributed by atoms with Crippen molar-refractivity contribution >= 4 is 14.0 Å². The van der Waals surface area contributed by atoms with Crippen LogP contribution in [-0.2, 0) is 0 Å². The maximum atomic E-state index is 11.8. The zero-order chi connectivity index (χ0) is 25.5. The molecular formula is C30H46O4Si. The molecule has 1 N–H and O–H groups in total. The standard InChI is InChI=1S/C30H46O4Si/c1-5-6-7-8-9-12-21-33-26-17-15-25(16-18-26)29-24-27(19-20-28(29)30(31)32)34-22-13-10-11-14-23-35(2,3)4/h15-20,24H,5-14,21-23H2,1-4H3,(H,31,32). The zero-order valence-electron chi connectivity index (χ0n) is 22.4. The molecule has 0 amide bonds. The van der Waals surface area contributed by atoms with Crippen LogP contribution in [0, 0.1) is 0 Å². The van der Waals surface area contributed by atoms with Gasteiger partial charge < -0.3 is 14.6 Å². The fraction of sp³-hybridized carbons (Fsp3) is 0.567. The SMILES string of the molecule is CCCCCCCCOc1ccc(-c2cc(OCCCCCC[Si](C)(C)C)ccc2C(=O)O)cc1. The van der Waals surface area contributed by atoms with Gasteiger partial charge in [-0.3, -0.25) is 0 Å². The van der Waals surface area contributed by atoms with E-state index in [0.29, 0.717) is 18.8 Å². The lowest BCUT2D eigenvalue weighted by molar-refractivity contribution is 0.0697. The van der Waals surface area contributed by atoms with Crippen molar-refractivity contribution in [3.8, 4) is 22.6 Å². The molecule has 2 aromatic rings. The number of carboxylic acid groups (broad SMARTS) is 1. The van der Waals surface area contributed by atoms with E-state index in [1.165, 1.54) is 57.4 Å². The summed E-state index contributed by atoms with van der Waals surface area (Å²) in [7, 11) is -0.937. The Kier molecular flexibility index (Phi) is 13.0. The van der Waals surface area contributed by atoms with Crippen LogP contribution in [0.15, 0.2) is 42.5 Å². The van der Waals surface area contributed by atoms with Crippen molar-refractivity contribution in [3.05, 3.63) is 48.0 Å². The maximum Gasteiger partial charge on any atom is 0.336 e. The minimum atomic E-state index is -0.937. The lowest BCUT2D eigenvalue weighted by Crippen LogP contribution is -2.18. The fourth-order valence-corrected chi connectivity index (χ4v) is 5.45. The number of carbonyl (C=O) groups is 1. The van der Waals surface area contributed by atoms with E-state index in [1.54, 1.807) is 12.1 Å². The molecule has 0 radical (unpaired) electrons. The molecule has 0 fully saturated rings. The average Bonchev–Trinajstić information content (AvgIpc) is 2.82. The van der Waals surface area contributed by atoms with Gasteiger partial charge in [-0.05, 0) is 54.3 Å². The van der Waals surface area contributed by atoms with Crippen LogP contribution in [0.2, 0.25) is 25.7 Å². The van der Waals surface area contributed by atoms with E-state index in [-0.39, 0.29) is 5.56 Å². The molecule has 2 rings (SSSR count). The van der Waals surface area contributed by atoms with Gasteiger partial charge in [0.2, 0.25) is 0 Å². The number of hydrogen-bond donors (Lipinski definition) is 1. The number of rotatable bonds is 18. The Labute approximate surface area is 214 Å². The summed E-state index contributed by atoms with van der Waals surface area (Å²) in [6.45, 7) is 10.9. The molecule has 0 heterocycles. The van der Waals surface area contributed by atoms with Crippen LogP contribution in [0.5, 0.6) is 11.5 Å². The highest BCUT2D eigenvalue weighted by molar-refractivity contribution is 6.76. The summed E-state index contributed by atoms with van der Waals surface area (Å²) < 4.78 is 11.8. The van der Waals surface area contributed by atoms with Gasteiger partial charge in [0.1, 0.15) is 11.5 Å². The van der Waals surface area contributed by atoms with Crippen molar-refractivity contribution in [2.45, 2.75) is 96.8 Å². The third kappa shape index (κ3) is 11.8. The second kappa shape index (κ2) is 15.7. The van der Waals surface area contributed by atoms with Crippen molar-refractivity contribution in [1.29, 1.82) is 0 Å². The second-order valence-electron chi connectivity index (χ2n) is 10.7. The number of carboxylic acids is 1. The van der Waals surface area contributed by atoms with E-state index in [4.69, 9.17) is 9.47 Å². The van der Waals surface area contributed by atoms with Gasteiger partial charge in [0.15, 0.2) is 0 Å². The Morgan fingerprint density at radius 3 is 1.89 bits per heavy atom. The van der Waals surface area contributed by atoms with E-state index in [0.717, 1.165) is 29.9 Å². The summed E-state index contributed by atoms with van der Waals surface area (Å²) in [6, 6.07) is 14.3. The summed E-state index contributed by atoms with van der Waals surface area (Å²) in [5.41, 5.74) is 1.81. The first kappa shape index (κ1) is 29.0. The Morgan fingerprint density at radius 1 is 0.743 bits per heavy atom. The number of unbranched alkanes of at least 4 members (excludes halogenated alkanes) is 8. The molecule has 5 heteroatoms. The van der Waals surface area contributed by atoms with Gasteiger partial charge in [-0.2, -0.15) is 0 Å². The Morgan fingerprint density at radius 2 is 1.29 bits per heavy atom. The molecule has 4 nitrogen and oxygen atoms in total. The molecule has 35 heavy (non-hydrogen) atoms. The zero-order valence-corrected chi connectivity index (χ0v) is 23.4. The molecule has 0 saturated heterocycles. The Bertz CT molecular complexity index is 871. The summed E-state index contributed by atoms with van der Waals surface area (Å²) in [6.07, 6.45) is 12.2. The van der Waals surface area contributed by atoms with Crippen molar-refractivity contribution in [1.82, 2.24) is 0 Å². The monoisotopic (exact) mass is 498 g/mol. The van der Waals surface area contributed by atoms with Crippen molar-refractivity contribution in [3.63, 3.8) is 0 Å². The Hall–Kier alpha value is -2.27. The van der Waals surface area contributed by atoms with E-state index >= 15 is 0 Å². The van der Waals surface area contributed by atoms with Crippen LogP contribution in [0.4, 0.5) is 0 Å². The molecule has 0 aromatic heterocycles. The molecule has 0 bridgehead atoms. The predicted molar refractivity (Wildman–Crippen MR) is 150 cm³/mol. The minimum Gasteiger partial charge on any atom is -0.494 e. The van der Waals surface area contributed by atoms with Crippen molar-refractivity contribution in [2.24, 2.45) is 0 Å². The first-order chi connectivity index (χ1) is 16.8. The molecule has 0 aliphatic heterocycles. The fourth-order valence-electron chi connectivity index (χ4n) is 4.14. The van der Waals surface area contributed by atoms with E-state index in [9.17, 15) is 9.90 Å². The number of benzene rings is 2. The maximum absolute atomic E-state index is 11.8. The van der Waals surface area contributed by atoms with Gasteiger partial charge in [-0.1, -0.05) is 96.1 Å². The van der Waals surface area contributed by atoms with Gasteiger partial charge >= 0.3 is 5.97 Å². The second-order valence-corrected chi connectivity index (χ2v) is 16.3.